The van der Waals surface area contributed by atoms with E-state index in [2.05, 4.69) is 4.98 Å². The van der Waals surface area contributed by atoms with Gasteiger partial charge in [-0.2, -0.15) is 0 Å². The van der Waals surface area contributed by atoms with Crippen LogP contribution in [0.5, 0.6) is 5.75 Å². The van der Waals surface area contributed by atoms with E-state index in [-0.39, 0.29) is 6.61 Å². The first kappa shape index (κ1) is 11.5. The molecule has 2 aromatic rings. The largest absolute Gasteiger partial charge is 0.496 e. The van der Waals surface area contributed by atoms with Crippen molar-refractivity contribution >= 4 is 0 Å². The summed E-state index contributed by atoms with van der Waals surface area (Å²) in [5.41, 5.74) is 2.08. The highest BCUT2D eigenvalue weighted by Gasteiger charge is 2.08. The molecule has 88 valence electrons. The number of halogens is 1. The zero-order valence-corrected chi connectivity index (χ0v) is 9.35. The van der Waals surface area contributed by atoms with Crippen LogP contribution in [0.4, 0.5) is 4.39 Å². The maximum absolute atomic E-state index is 13.1. The van der Waals surface area contributed by atoms with Crippen molar-refractivity contribution in [3.05, 3.63) is 48.0 Å². The molecule has 0 bridgehead atoms. The van der Waals surface area contributed by atoms with Crippen molar-refractivity contribution in [1.82, 2.24) is 4.98 Å². The minimum Gasteiger partial charge on any atom is -0.496 e. The smallest absolute Gasteiger partial charge is 0.142 e. The number of aromatic nitrogens is 1. The van der Waals surface area contributed by atoms with Gasteiger partial charge in [-0.1, -0.05) is 6.07 Å². The summed E-state index contributed by atoms with van der Waals surface area (Å²) in [7, 11) is 1.55. The summed E-state index contributed by atoms with van der Waals surface area (Å²) in [6.45, 7) is -0.0697. The van der Waals surface area contributed by atoms with Crippen LogP contribution in [-0.2, 0) is 6.61 Å². The van der Waals surface area contributed by atoms with Gasteiger partial charge in [0.15, 0.2) is 0 Å². The van der Waals surface area contributed by atoms with Gasteiger partial charge in [-0.25, -0.2) is 4.39 Å². The maximum atomic E-state index is 13.1. The van der Waals surface area contributed by atoms with Crippen LogP contribution >= 0.6 is 0 Å². The van der Waals surface area contributed by atoms with E-state index in [1.165, 1.54) is 6.07 Å². The second kappa shape index (κ2) is 4.93. The van der Waals surface area contributed by atoms with E-state index in [4.69, 9.17) is 9.84 Å². The molecule has 1 aromatic carbocycles. The number of benzene rings is 1. The average Bonchev–Trinajstić information content (AvgIpc) is 2.38. The zero-order valence-electron chi connectivity index (χ0n) is 9.35. The van der Waals surface area contributed by atoms with Gasteiger partial charge in [-0.05, 0) is 23.8 Å². The molecule has 0 atom stereocenters. The van der Waals surface area contributed by atoms with Gasteiger partial charge in [-0.15, -0.1) is 0 Å². The van der Waals surface area contributed by atoms with Gasteiger partial charge in [0, 0.05) is 17.3 Å². The number of aliphatic hydroxyl groups is 1. The first-order chi connectivity index (χ1) is 8.24. The minimum absolute atomic E-state index is 0.0697. The van der Waals surface area contributed by atoms with Crippen LogP contribution in [0.2, 0.25) is 0 Å². The van der Waals surface area contributed by atoms with Crippen molar-refractivity contribution in [1.29, 1.82) is 0 Å². The van der Waals surface area contributed by atoms with Crippen LogP contribution in [-0.4, -0.2) is 17.2 Å². The molecular weight excluding hydrogens is 221 g/mol. The van der Waals surface area contributed by atoms with Crippen molar-refractivity contribution in [3.63, 3.8) is 0 Å². The molecule has 1 aromatic heterocycles. The van der Waals surface area contributed by atoms with Crippen molar-refractivity contribution in [2.24, 2.45) is 0 Å². The molecule has 3 nitrogen and oxygen atoms in total. The Bertz CT molecular complexity index is 529. The minimum atomic E-state index is -0.404. The summed E-state index contributed by atoms with van der Waals surface area (Å²) in [6.07, 6.45) is 2.70. The lowest BCUT2D eigenvalue weighted by molar-refractivity contribution is 0.281. The number of hydrogen-bond donors (Lipinski definition) is 1. The predicted molar refractivity (Wildman–Crippen MR) is 62.1 cm³/mol. The lowest BCUT2D eigenvalue weighted by atomic mass is 10.0. The molecule has 0 aliphatic carbocycles. The van der Waals surface area contributed by atoms with E-state index < -0.39 is 5.82 Å². The van der Waals surface area contributed by atoms with Gasteiger partial charge >= 0.3 is 0 Å². The fourth-order valence-corrected chi connectivity index (χ4v) is 1.64. The Labute approximate surface area is 98.5 Å². The van der Waals surface area contributed by atoms with E-state index in [0.717, 1.165) is 11.8 Å². The van der Waals surface area contributed by atoms with Crippen molar-refractivity contribution in [3.8, 4) is 16.9 Å². The van der Waals surface area contributed by atoms with Gasteiger partial charge < -0.3 is 9.84 Å². The molecule has 2 rings (SSSR count). The van der Waals surface area contributed by atoms with Gasteiger partial charge in [0.1, 0.15) is 11.6 Å². The molecule has 17 heavy (non-hydrogen) atoms. The topological polar surface area (TPSA) is 42.4 Å². The van der Waals surface area contributed by atoms with Crippen LogP contribution in [0.1, 0.15) is 5.56 Å². The molecule has 0 spiro atoms. The van der Waals surface area contributed by atoms with Crippen LogP contribution < -0.4 is 4.74 Å². The Kier molecular flexibility index (Phi) is 3.35. The number of ether oxygens (including phenoxy) is 1. The number of rotatable bonds is 3. The highest BCUT2D eigenvalue weighted by molar-refractivity contribution is 5.70. The summed E-state index contributed by atoms with van der Waals surface area (Å²) < 4.78 is 18.3. The Morgan fingerprint density at radius 2 is 2.12 bits per heavy atom. The summed E-state index contributed by atoms with van der Waals surface area (Å²) >= 11 is 0. The summed E-state index contributed by atoms with van der Waals surface area (Å²) in [5, 5.41) is 9.10. The molecule has 0 unspecified atom stereocenters. The Balaban J connectivity index is 2.56. The molecule has 4 heteroatoms. The standard InChI is InChI=1S/C13H12FNO2/c1-17-13-3-2-9(8-16)4-12(13)10-5-11(14)7-15-6-10/h2-7,16H,8H2,1H3. The molecule has 1 N–H and O–H groups in total. The SMILES string of the molecule is COc1ccc(CO)cc1-c1cncc(F)c1. The molecule has 0 fully saturated rings. The highest BCUT2D eigenvalue weighted by atomic mass is 19.1. The normalized spacial score (nSPS) is 10.3. The van der Waals surface area contributed by atoms with Gasteiger partial charge in [0.2, 0.25) is 0 Å². The number of methoxy groups -OCH3 is 1. The van der Waals surface area contributed by atoms with E-state index in [9.17, 15) is 4.39 Å². The first-order valence-corrected chi connectivity index (χ1v) is 5.13. The second-order valence-corrected chi connectivity index (χ2v) is 3.58. The second-order valence-electron chi connectivity index (χ2n) is 3.58. The third kappa shape index (κ3) is 2.42. The van der Waals surface area contributed by atoms with Gasteiger partial charge in [-0.3, -0.25) is 4.98 Å². The third-order valence-electron chi connectivity index (χ3n) is 2.46. The monoisotopic (exact) mass is 233 g/mol. The van der Waals surface area contributed by atoms with Gasteiger partial charge in [0.05, 0.1) is 19.9 Å². The fourth-order valence-electron chi connectivity index (χ4n) is 1.64. The van der Waals surface area contributed by atoms with E-state index >= 15 is 0 Å². The van der Waals surface area contributed by atoms with Gasteiger partial charge in [0.25, 0.3) is 0 Å². The molecule has 0 saturated heterocycles. The highest BCUT2D eigenvalue weighted by Crippen LogP contribution is 2.30. The van der Waals surface area contributed by atoms with E-state index in [1.54, 1.807) is 31.5 Å². The van der Waals surface area contributed by atoms with Crippen LogP contribution in [0.15, 0.2) is 36.7 Å². The van der Waals surface area contributed by atoms with E-state index in [0.29, 0.717) is 16.9 Å². The van der Waals surface area contributed by atoms with E-state index in [1.807, 2.05) is 0 Å². The van der Waals surface area contributed by atoms with Crippen molar-refractivity contribution in [2.45, 2.75) is 6.61 Å². The predicted octanol–water partition coefficient (Wildman–Crippen LogP) is 2.39. The lowest BCUT2D eigenvalue weighted by Crippen LogP contribution is -1.92. The summed E-state index contributed by atoms with van der Waals surface area (Å²) in [4.78, 5) is 3.80. The van der Waals surface area contributed by atoms with Crippen LogP contribution in [0.3, 0.4) is 0 Å². The molecule has 0 amide bonds. The molecule has 0 aliphatic heterocycles. The Hall–Kier alpha value is -1.94. The number of aliphatic hydroxyl groups excluding tert-OH is 1. The molecule has 0 aliphatic rings. The van der Waals surface area contributed by atoms with Crippen LogP contribution in [0.25, 0.3) is 11.1 Å². The quantitative estimate of drug-likeness (QED) is 0.885. The summed E-state index contributed by atoms with van der Waals surface area (Å²) in [6, 6.07) is 6.64. The lowest BCUT2D eigenvalue weighted by Gasteiger charge is -2.09. The summed E-state index contributed by atoms with van der Waals surface area (Å²) in [5.74, 6) is 0.216. The fraction of sp³-hybridized carbons (Fsp3) is 0.154. The maximum Gasteiger partial charge on any atom is 0.142 e. The number of nitrogens with zero attached hydrogens (tertiary/aromatic N) is 1. The molecule has 0 radical (unpaired) electrons. The molecule has 0 saturated carbocycles. The third-order valence-corrected chi connectivity index (χ3v) is 2.46. The van der Waals surface area contributed by atoms with Crippen LogP contribution in [0, 0.1) is 5.82 Å². The Morgan fingerprint density at radius 3 is 2.76 bits per heavy atom. The average molecular weight is 233 g/mol. The number of pyridine rings is 1. The first-order valence-electron chi connectivity index (χ1n) is 5.13. The zero-order chi connectivity index (χ0) is 12.3. The van der Waals surface area contributed by atoms with Crippen molar-refractivity contribution in [2.75, 3.05) is 7.11 Å². The Morgan fingerprint density at radius 1 is 1.29 bits per heavy atom. The van der Waals surface area contributed by atoms with Crippen molar-refractivity contribution < 1.29 is 14.2 Å². The number of hydrogen-bond acceptors (Lipinski definition) is 3. The molecule has 1 heterocycles. The molecular formula is C13H12FNO2.